The lowest BCUT2D eigenvalue weighted by Gasteiger charge is -2.19. The molecule has 2 atom stereocenters. The van der Waals surface area contributed by atoms with Gasteiger partial charge in [-0.25, -0.2) is 0 Å². The standard InChI is InChI=1S/C8H12N2O3S/c11-5-3-9-8(10-4-5)14-6-1-2-13-7(6)12/h5-6,11H,1-4H2,(H,9,10). The SMILES string of the molecule is O=C1OCCC1SC1=NCC(O)CN1. The molecule has 14 heavy (non-hydrogen) atoms. The van der Waals surface area contributed by atoms with E-state index in [9.17, 15) is 4.79 Å². The molecule has 0 saturated carbocycles. The second-order valence-corrected chi connectivity index (χ2v) is 4.43. The first-order chi connectivity index (χ1) is 6.75. The molecular weight excluding hydrogens is 204 g/mol. The smallest absolute Gasteiger partial charge is 0.319 e. The van der Waals surface area contributed by atoms with Gasteiger partial charge in [0.1, 0.15) is 5.25 Å². The molecule has 6 heteroatoms. The van der Waals surface area contributed by atoms with Crippen molar-refractivity contribution in [1.82, 2.24) is 5.32 Å². The zero-order chi connectivity index (χ0) is 9.97. The van der Waals surface area contributed by atoms with Gasteiger partial charge in [-0.3, -0.25) is 9.79 Å². The lowest BCUT2D eigenvalue weighted by molar-refractivity contribution is -0.137. The fraction of sp³-hybridized carbons (Fsp3) is 0.750. The molecule has 0 aromatic carbocycles. The number of ether oxygens (including phenoxy) is 1. The van der Waals surface area contributed by atoms with Crippen molar-refractivity contribution in [3.05, 3.63) is 0 Å². The summed E-state index contributed by atoms with van der Waals surface area (Å²) in [7, 11) is 0. The minimum absolute atomic E-state index is 0.128. The second-order valence-electron chi connectivity index (χ2n) is 3.24. The average Bonchev–Trinajstić information content (AvgIpc) is 2.56. The Morgan fingerprint density at radius 2 is 2.50 bits per heavy atom. The normalized spacial score (nSPS) is 32.1. The number of aliphatic hydroxyl groups is 1. The minimum atomic E-state index is -0.408. The van der Waals surface area contributed by atoms with E-state index < -0.39 is 6.10 Å². The maximum atomic E-state index is 11.1. The number of rotatable bonds is 1. The molecule has 0 radical (unpaired) electrons. The number of aliphatic hydroxyl groups excluding tert-OH is 1. The van der Waals surface area contributed by atoms with E-state index in [0.29, 0.717) is 19.7 Å². The van der Waals surface area contributed by atoms with E-state index in [1.165, 1.54) is 11.8 Å². The zero-order valence-electron chi connectivity index (χ0n) is 7.60. The summed E-state index contributed by atoms with van der Waals surface area (Å²) in [5, 5.41) is 12.7. The number of hydrogen-bond acceptors (Lipinski definition) is 6. The molecular formula is C8H12N2O3S. The van der Waals surface area contributed by atoms with Crippen LogP contribution in [0.5, 0.6) is 0 Å². The van der Waals surface area contributed by atoms with Crippen molar-refractivity contribution >= 4 is 22.9 Å². The summed E-state index contributed by atoms with van der Waals surface area (Å²) in [6.07, 6.45) is 0.335. The van der Waals surface area contributed by atoms with Crippen molar-refractivity contribution in [2.24, 2.45) is 4.99 Å². The molecule has 0 aromatic rings. The van der Waals surface area contributed by atoms with Crippen molar-refractivity contribution in [3.63, 3.8) is 0 Å². The maximum absolute atomic E-state index is 11.1. The van der Waals surface area contributed by atoms with Crippen molar-refractivity contribution in [1.29, 1.82) is 0 Å². The summed E-state index contributed by atoms with van der Waals surface area (Å²) in [6.45, 7) is 1.43. The molecule has 2 aliphatic rings. The van der Waals surface area contributed by atoms with Crippen molar-refractivity contribution in [2.45, 2.75) is 17.8 Å². The number of carbonyl (C=O) groups is 1. The summed E-state index contributed by atoms with van der Waals surface area (Å²) in [5.41, 5.74) is 0. The first-order valence-electron chi connectivity index (χ1n) is 4.55. The highest BCUT2D eigenvalue weighted by atomic mass is 32.2. The van der Waals surface area contributed by atoms with E-state index in [-0.39, 0.29) is 11.2 Å². The molecule has 0 aliphatic carbocycles. The highest BCUT2D eigenvalue weighted by molar-refractivity contribution is 8.14. The third-order valence-electron chi connectivity index (χ3n) is 2.08. The monoisotopic (exact) mass is 216 g/mol. The van der Waals surface area contributed by atoms with Crippen LogP contribution in [0.15, 0.2) is 4.99 Å². The number of thioether (sulfide) groups is 1. The molecule has 0 bridgehead atoms. The van der Waals surface area contributed by atoms with E-state index in [4.69, 9.17) is 9.84 Å². The van der Waals surface area contributed by atoms with Crippen LogP contribution < -0.4 is 5.32 Å². The van der Waals surface area contributed by atoms with Crippen LogP contribution in [0.3, 0.4) is 0 Å². The van der Waals surface area contributed by atoms with Gasteiger partial charge in [-0.2, -0.15) is 0 Å². The second kappa shape index (κ2) is 4.18. The van der Waals surface area contributed by atoms with Crippen LogP contribution in [0.4, 0.5) is 0 Å². The number of esters is 1. The summed E-state index contributed by atoms with van der Waals surface area (Å²) in [5.74, 6) is -0.161. The Labute approximate surface area is 85.9 Å². The summed E-state index contributed by atoms with van der Waals surface area (Å²) in [6, 6.07) is 0. The minimum Gasteiger partial charge on any atom is -0.465 e. The van der Waals surface area contributed by atoms with Crippen LogP contribution in [-0.2, 0) is 9.53 Å². The Morgan fingerprint density at radius 1 is 1.64 bits per heavy atom. The molecule has 0 spiro atoms. The molecule has 78 valence electrons. The Bertz CT molecular complexity index is 269. The van der Waals surface area contributed by atoms with Gasteiger partial charge in [0.15, 0.2) is 5.17 Å². The van der Waals surface area contributed by atoms with Crippen LogP contribution in [0, 0.1) is 0 Å². The van der Waals surface area contributed by atoms with Gasteiger partial charge in [0, 0.05) is 13.0 Å². The van der Waals surface area contributed by atoms with Crippen LogP contribution in [0.2, 0.25) is 0 Å². The van der Waals surface area contributed by atoms with Gasteiger partial charge in [0.2, 0.25) is 0 Å². The van der Waals surface area contributed by atoms with E-state index in [1.54, 1.807) is 0 Å². The van der Waals surface area contributed by atoms with Gasteiger partial charge in [-0.05, 0) is 0 Å². The van der Waals surface area contributed by atoms with Crippen LogP contribution in [0.25, 0.3) is 0 Å². The number of amidine groups is 1. The molecule has 5 nitrogen and oxygen atoms in total. The summed E-state index contributed by atoms with van der Waals surface area (Å²) in [4.78, 5) is 15.3. The predicted molar refractivity (Wildman–Crippen MR) is 53.3 cm³/mol. The fourth-order valence-corrected chi connectivity index (χ4v) is 2.28. The van der Waals surface area contributed by atoms with E-state index in [2.05, 4.69) is 10.3 Å². The highest BCUT2D eigenvalue weighted by Gasteiger charge is 2.29. The van der Waals surface area contributed by atoms with Crippen LogP contribution in [0.1, 0.15) is 6.42 Å². The van der Waals surface area contributed by atoms with Crippen molar-refractivity contribution in [2.75, 3.05) is 19.7 Å². The first-order valence-corrected chi connectivity index (χ1v) is 5.43. The highest BCUT2D eigenvalue weighted by Crippen LogP contribution is 2.22. The molecule has 2 N–H and O–H groups in total. The van der Waals surface area contributed by atoms with E-state index in [0.717, 1.165) is 11.6 Å². The molecule has 1 fully saturated rings. The van der Waals surface area contributed by atoms with E-state index >= 15 is 0 Å². The van der Waals surface area contributed by atoms with E-state index in [1.807, 2.05) is 0 Å². The van der Waals surface area contributed by atoms with Gasteiger partial charge in [-0.1, -0.05) is 11.8 Å². The largest absolute Gasteiger partial charge is 0.465 e. The molecule has 0 amide bonds. The fourth-order valence-electron chi connectivity index (χ4n) is 1.31. The molecule has 2 heterocycles. The van der Waals surface area contributed by atoms with Crippen molar-refractivity contribution in [3.8, 4) is 0 Å². The Kier molecular flexibility index (Phi) is 2.93. The average molecular weight is 216 g/mol. The number of β-amino-alcohol motifs (C(OH)–C–C–N with tert-alkyl or cyclic N) is 1. The topological polar surface area (TPSA) is 70.9 Å². The number of nitrogens with zero attached hydrogens (tertiary/aromatic N) is 1. The number of carbonyl (C=O) groups excluding carboxylic acids is 1. The molecule has 2 unspecified atom stereocenters. The Hall–Kier alpha value is -0.750. The summed E-state index contributed by atoms with van der Waals surface area (Å²) < 4.78 is 4.84. The molecule has 2 rings (SSSR count). The van der Waals surface area contributed by atoms with Crippen molar-refractivity contribution < 1.29 is 14.6 Å². The Balaban J connectivity index is 1.88. The molecule has 0 aromatic heterocycles. The molecule has 2 aliphatic heterocycles. The maximum Gasteiger partial charge on any atom is 0.319 e. The predicted octanol–water partition coefficient (Wildman–Crippen LogP) is -0.645. The number of aliphatic imine (C=N–C) groups is 1. The quantitative estimate of drug-likeness (QED) is 0.570. The van der Waals surface area contributed by atoms with Crippen LogP contribution in [-0.4, -0.2) is 47.3 Å². The lowest BCUT2D eigenvalue weighted by atomic mass is 10.3. The van der Waals surface area contributed by atoms with Gasteiger partial charge in [0.25, 0.3) is 0 Å². The first kappa shape index (κ1) is 9.79. The third-order valence-corrected chi connectivity index (χ3v) is 3.29. The molecule has 1 saturated heterocycles. The van der Waals surface area contributed by atoms with Gasteiger partial charge in [0.05, 0.1) is 19.3 Å². The van der Waals surface area contributed by atoms with Crippen LogP contribution >= 0.6 is 11.8 Å². The lowest BCUT2D eigenvalue weighted by Crippen LogP contribution is -2.38. The Morgan fingerprint density at radius 3 is 3.07 bits per heavy atom. The van der Waals surface area contributed by atoms with Gasteiger partial charge >= 0.3 is 5.97 Å². The number of nitrogens with one attached hydrogen (secondary N) is 1. The third kappa shape index (κ3) is 2.19. The van der Waals surface area contributed by atoms with Gasteiger partial charge < -0.3 is 15.2 Å². The number of hydrogen-bond donors (Lipinski definition) is 2. The zero-order valence-corrected chi connectivity index (χ0v) is 8.42. The number of cyclic esters (lactones) is 1. The van der Waals surface area contributed by atoms with Gasteiger partial charge in [-0.15, -0.1) is 0 Å². The summed E-state index contributed by atoms with van der Waals surface area (Å²) >= 11 is 1.39.